The molecule has 5 heteroatoms. The number of ether oxygens (including phenoxy) is 1. The number of nitrogens with zero attached hydrogens (tertiary/aromatic N) is 2. The minimum atomic E-state index is -2.84. The third kappa shape index (κ3) is 2.31. The average Bonchev–Trinajstić information content (AvgIpc) is 2.67. The highest BCUT2D eigenvalue weighted by Gasteiger charge is 2.07. The van der Waals surface area contributed by atoms with Crippen molar-refractivity contribution in [1.82, 2.24) is 9.78 Å². The summed E-state index contributed by atoms with van der Waals surface area (Å²) in [4.78, 5) is 0. The van der Waals surface area contributed by atoms with Crippen molar-refractivity contribution < 1.29 is 13.5 Å². The van der Waals surface area contributed by atoms with Crippen molar-refractivity contribution in [3.8, 4) is 11.6 Å². The Morgan fingerprint density at radius 1 is 1.13 bits per heavy atom. The topological polar surface area (TPSA) is 27.1 Å². The molecule has 0 amide bonds. The molecule has 1 aromatic carbocycles. The third-order valence-electron chi connectivity index (χ3n) is 1.80. The monoisotopic (exact) mass is 210 g/mol. The van der Waals surface area contributed by atoms with Gasteiger partial charge in [0.15, 0.2) is 0 Å². The molecule has 0 unspecified atom stereocenters. The van der Waals surface area contributed by atoms with Crippen molar-refractivity contribution in [3.63, 3.8) is 0 Å². The maximum absolute atomic E-state index is 11.9. The van der Waals surface area contributed by atoms with Crippen LogP contribution >= 0.6 is 0 Å². The Morgan fingerprint density at radius 2 is 1.87 bits per heavy atom. The largest absolute Gasteiger partial charge is 0.415 e. The van der Waals surface area contributed by atoms with Crippen LogP contribution < -0.4 is 4.74 Å². The van der Waals surface area contributed by atoms with Gasteiger partial charge in [-0.2, -0.15) is 8.78 Å². The predicted octanol–water partition coefficient (Wildman–Crippen LogP) is 2.47. The number of para-hydroxylation sites is 1. The summed E-state index contributed by atoms with van der Waals surface area (Å²) in [5.74, 6) is -0.0890. The van der Waals surface area contributed by atoms with Crippen molar-refractivity contribution in [3.05, 3.63) is 42.6 Å². The first-order valence-electron chi connectivity index (χ1n) is 4.31. The normalized spacial score (nSPS) is 10.6. The van der Waals surface area contributed by atoms with Crippen LogP contribution in [0.15, 0.2) is 42.6 Å². The van der Waals surface area contributed by atoms with Crippen LogP contribution in [0.2, 0.25) is 0 Å². The number of hydrogen-bond donors (Lipinski definition) is 0. The summed E-state index contributed by atoms with van der Waals surface area (Å²) in [5, 5.41) is 3.84. The molecule has 0 saturated heterocycles. The molecule has 0 bridgehead atoms. The molecular formula is C10H8F2N2O. The van der Waals surface area contributed by atoms with Crippen LogP contribution in [0, 0.1) is 0 Å². The zero-order valence-corrected chi connectivity index (χ0v) is 7.68. The Morgan fingerprint density at radius 3 is 2.53 bits per heavy atom. The van der Waals surface area contributed by atoms with Crippen molar-refractivity contribution in [2.45, 2.75) is 6.61 Å². The van der Waals surface area contributed by atoms with E-state index in [9.17, 15) is 8.78 Å². The lowest BCUT2D eigenvalue weighted by Gasteiger charge is -2.00. The lowest BCUT2D eigenvalue weighted by Crippen LogP contribution is -2.03. The molecule has 2 rings (SSSR count). The van der Waals surface area contributed by atoms with E-state index < -0.39 is 6.61 Å². The summed E-state index contributed by atoms with van der Waals surface area (Å²) < 4.78 is 29.3. The first-order chi connectivity index (χ1) is 7.25. The van der Waals surface area contributed by atoms with E-state index >= 15 is 0 Å². The molecule has 78 valence electrons. The molecular weight excluding hydrogens is 202 g/mol. The number of hydrogen-bond acceptors (Lipinski definition) is 2. The van der Waals surface area contributed by atoms with Crippen LogP contribution in [-0.2, 0) is 0 Å². The summed E-state index contributed by atoms with van der Waals surface area (Å²) in [7, 11) is 0. The molecule has 0 aliphatic heterocycles. The van der Waals surface area contributed by atoms with E-state index in [1.807, 2.05) is 30.3 Å². The van der Waals surface area contributed by atoms with Crippen molar-refractivity contribution >= 4 is 0 Å². The van der Waals surface area contributed by atoms with Gasteiger partial charge in [0.1, 0.15) is 0 Å². The van der Waals surface area contributed by atoms with E-state index in [-0.39, 0.29) is 5.88 Å². The zero-order chi connectivity index (χ0) is 10.7. The lowest BCUT2D eigenvalue weighted by molar-refractivity contribution is -0.0530. The highest BCUT2D eigenvalue weighted by Crippen LogP contribution is 2.13. The van der Waals surface area contributed by atoms with Gasteiger partial charge in [-0.1, -0.05) is 18.2 Å². The molecule has 0 atom stereocenters. The second-order valence-corrected chi connectivity index (χ2v) is 2.81. The third-order valence-corrected chi connectivity index (χ3v) is 1.80. The Hall–Kier alpha value is -1.91. The van der Waals surface area contributed by atoms with Gasteiger partial charge < -0.3 is 4.74 Å². The fourth-order valence-electron chi connectivity index (χ4n) is 1.19. The van der Waals surface area contributed by atoms with Crippen LogP contribution in [0.5, 0.6) is 5.88 Å². The van der Waals surface area contributed by atoms with Gasteiger partial charge >= 0.3 is 6.61 Å². The summed E-state index contributed by atoms with van der Waals surface area (Å²) in [6.45, 7) is -2.84. The molecule has 0 N–H and O–H groups in total. The van der Waals surface area contributed by atoms with Crippen LogP contribution in [-0.4, -0.2) is 16.4 Å². The van der Waals surface area contributed by atoms with Gasteiger partial charge in [-0.25, -0.2) is 4.68 Å². The smallest absolute Gasteiger partial charge is 0.388 e. The second-order valence-electron chi connectivity index (χ2n) is 2.81. The lowest BCUT2D eigenvalue weighted by atomic mass is 10.3. The standard InChI is InChI=1S/C10H8F2N2O/c11-10(12)15-9-6-7-14(13-9)8-4-2-1-3-5-8/h1-7,10H. The minimum Gasteiger partial charge on any atom is -0.415 e. The highest BCUT2D eigenvalue weighted by atomic mass is 19.3. The van der Waals surface area contributed by atoms with Gasteiger partial charge in [0.05, 0.1) is 5.69 Å². The molecule has 1 aromatic heterocycles. The molecule has 3 nitrogen and oxygen atoms in total. The summed E-state index contributed by atoms with van der Waals surface area (Å²) in [5.41, 5.74) is 0.793. The number of halogens is 2. The number of benzene rings is 1. The van der Waals surface area contributed by atoms with Crippen LogP contribution in [0.4, 0.5) is 8.78 Å². The highest BCUT2D eigenvalue weighted by molar-refractivity contribution is 5.31. The first-order valence-corrected chi connectivity index (χ1v) is 4.31. The molecule has 1 heterocycles. The van der Waals surface area contributed by atoms with Gasteiger partial charge in [0.25, 0.3) is 0 Å². The molecule has 0 saturated carbocycles. The van der Waals surface area contributed by atoms with E-state index in [4.69, 9.17) is 0 Å². The fraction of sp³-hybridized carbons (Fsp3) is 0.100. The van der Waals surface area contributed by atoms with Gasteiger partial charge in [0, 0.05) is 12.3 Å². The average molecular weight is 210 g/mol. The first kappa shape index (κ1) is 9.64. The number of aromatic nitrogens is 2. The predicted molar refractivity (Wildman–Crippen MR) is 50.2 cm³/mol. The van der Waals surface area contributed by atoms with Crippen LogP contribution in [0.3, 0.4) is 0 Å². The van der Waals surface area contributed by atoms with Crippen LogP contribution in [0.1, 0.15) is 0 Å². The molecule has 15 heavy (non-hydrogen) atoms. The molecule has 0 radical (unpaired) electrons. The molecule has 0 spiro atoms. The van der Waals surface area contributed by atoms with Gasteiger partial charge in [0.2, 0.25) is 5.88 Å². The summed E-state index contributed by atoms with van der Waals surface area (Å²) in [6, 6.07) is 10.6. The SMILES string of the molecule is FC(F)Oc1ccn(-c2ccccc2)n1. The maximum atomic E-state index is 11.9. The van der Waals surface area contributed by atoms with Crippen LogP contribution in [0.25, 0.3) is 5.69 Å². The Balaban J connectivity index is 2.21. The number of alkyl halides is 2. The number of rotatable bonds is 3. The molecule has 0 fully saturated rings. The van der Waals surface area contributed by atoms with Gasteiger partial charge in [-0.05, 0) is 12.1 Å². The Bertz CT molecular complexity index is 428. The molecule has 0 aliphatic carbocycles. The van der Waals surface area contributed by atoms with Gasteiger partial charge in [-0.3, -0.25) is 0 Å². The van der Waals surface area contributed by atoms with Crippen molar-refractivity contribution in [2.75, 3.05) is 0 Å². The second kappa shape index (κ2) is 4.08. The Kier molecular flexibility index (Phi) is 2.62. The Labute approximate surface area is 84.9 Å². The minimum absolute atomic E-state index is 0.0890. The zero-order valence-electron chi connectivity index (χ0n) is 7.68. The van der Waals surface area contributed by atoms with E-state index in [1.54, 1.807) is 6.20 Å². The quantitative estimate of drug-likeness (QED) is 0.778. The van der Waals surface area contributed by atoms with E-state index in [0.29, 0.717) is 0 Å². The van der Waals surface area contributed by atoms with E-state index in [0.717, 1.165) is 5.69 Å². The fourth-order valence-corrected chi connectivity index (χ4v) is 1.19. The summed E-state index contributed by atoms with van der Waals surface area (Å²) in [6.07, 6.45) is 1.56. The van der Waals surface area contributed by atoms with E-state index in [2.05, 4.69) is 9.84 Å². The maximum Gasteiger partial charge on any atom is 0.388 e. The molecule has 2 aromatic rings. The molecule has 0 aliphatic rings. The van der Waals surface area contributed by atoms with Crippen molar-refractivity contribution in [1.29, 1.82) is 0 Å². The van der Waals surface area contributed by atoms with E-state index in [1.165, 1.54) is 10.7 Å². The van der Waals surface area contributed by atoms with Gasteiger partial charge in [-0.15, -0.1) is 5.10 Å². The summed E-state index contributed by atoms with van der Waals surface area (Å²) >= 11 is 0. The van der Waals surface area contributed by atoms with Crippen molar-refractivity contribution in [2.24, 2.45) is 0 Å².